The van der Waals surface area contributed by atoms with Crippen molar-refractivity contribution in [2.45, 2.75) is 18.9 Å². The van der Waals surface area contributed by atoms with Crippen molar-refractivity contribution in [3.8, 4) is 17.1 Å². The van der Waals surface area contributed by atoms with Crippen LogP contribution in [0.15, 0.2) is 22.7 Å². The molecule has 0 saturated carbocycles. The summed E-state index contributed by atoms with van der Waals surface area (Å²) >= 11 is 5.94. The minimum atomic E-state index is 0.166. The monoisotopic (exact) mass is 279 g/mol. The highest BCUT2D eigenvalue weighted by molar-refractivity contribution is 6.30. The van der Waals surface area contributed by atoms with Crippen molar-refractivity contribution in [2.75, 3.05) is 13.7 Å². The van der Waals surface area contributed by atoms with Gasteiger partial charge in [0.05, 0.1) is 18.7 Å². The third kappa shape index (κ3) is 2.43. The summed E-state index contributed by atoms with van der Waals surface area (Å²) < 4.78 is 10.6. The summed E-state index contributed by atoms with van der Waals surface area (Å²) in [5.41, 5.74) is 0.778. The lowest BCUT2D eigenvalue weighted by Crippen LogP contribution is -2.12. The van der Waals surface area contributed by atoms with Crippen molar-refractivity contribution in [2.24, 2.45) is 0 Å². The lowest BCUT2D eigenvalue weighted by atomic mass is 10.2. The van der Waals surface area contributed by atoms with Gasteiger partial charge < -0.3 is 14.6 Å². The zero-order valence-corrected chi connectivity index (χ0v) is 11.3. The average Bonchev–Trinajstić information content (AvgIpc) is 3.09. The van der Waals surface area contributed by atoms with Gasteiger partial charge in [0.15, 0.2) is 0 Å². The van der Waals surface area contributed by atoms with Crippen molar-refractivity contribution < 1.29 is 9.26 Å². The van der Waals surface area contributed by atoms with E-state index >= 15 is 0 Å². The van der Waals surface area contributed by atoms with Crippen molar-refractivity contribution in [3.63, 3.8) is 0 Å². The van der Waals surface area contributed by atoms with Gasteiger partial charge in [-0.2, -0.15) is 4.98 Å². The standard InChI is InChI=1S/C13H14ClN3O2/c1-18-11-7-8(14)4-5-9(11)12-16-13(19-17-12)10-3-2-6-15-10/h4-5,7,10,15H,2-3,6H2,1H3. The Balaban J connectivity index is 1.93. The molecule has 1 aromatic heterocycles. The molecule has 100 valence electrons. The summed E-state index contributed by atoms with van der Waals surface area (Å²) in [4.78, 5) is 4.44. The van der Waals surface area contributed by atoms with Gasteiger partial charge in [0.1, 0.15) is 5.75 Å². The van der Waals surface area contributed by atoms with Gasteiger partial charge in [0.2, 0.25) is 11.7 Å². The lowest BCUT2D eigenvalue weighted by molar-refractivity contribution is 0.344. The molecule has 0 radical (unpaired) electrons. The molecule has 2 heterocycles. The summed E-state index contributed by atoms with van der Waals surface area (Å²) in [7, 11) is 1.59. The van der Waals surface area contributed by atoms with Crippen LogP contribution < -0.4 is 10.1 Å². The van der Waals surface area contributed by atoms with E-state index in [0.717, 1.165) is 24.9 Å². The maximum Gasteiger partial charge on any atom is 0.244 e. The van der Waals surface area contributed by atoms with Crippen LogP contribution in [0.1, 0.15) is 24.8 Å². The van der Waals surface area contributed by atoms with E-state index < -0.39 is 0 Å². The Morgan fingerprint density at radius 1 is 1.47 bits per heavy atom. The van der Waals surface area contributed by atoms with Gasteiger partial charge in [-0.25, -0.2) is 0 Å². The average molecular weight is 280 g/mol. The largest absolute Gasteiger partial charge is 0.496 e. The van der Waals surface area contributed by atoms with Gasteiger partial charge in [-0.1, -0.05) is 16.8 Å². The Labute approximate surface area is 115 Å². The number of benzene rings is 1. The van der Waals surface area contributed by atoms with E-state index in [1.54, 1.807) is 19.2 Å². The lowest BCUT2D eigenvalue weighted by Gasteiger charge is -2.05. The fourth-order valence-electron chi connectivity index (χ4n) is 2.23. The molecule has 2 aromatic rings. The number of hydrogen-bond acceptors (Lipinski definition) is 5. The van der Waals surface area contributed by atoms with Gasteiger partial charge in [0, 0.05) is 5.02 Å². The number of rotatable bonds is 3. The Kier molecular flexibility index (Phi) is 3.40. The first kappa shape index (κ1) is 12.4. The fraction of sp³-hybridized carbons (Fsp3) is 0.385. The Morgan fingerprint density at radius 3 is 3.11 bits per heavy atom. The van der Waals surface area contributed by atoms with Crippen LogP contribution in [0.4, 0.5) is 0 Å². The second kappa shape index (κ2) is 5.19. The highest BCUT2D eigenvalue weighted by Crippen LogP contribution is 2.31. The summed E-state index contributed by atoms with van der Waals surface area (Å²) in [6.07, 6.45) is 2.16. The van der Waals surface area contributed by atoms with Crippen molar-refractivity contribution >= 4 is 11.6 Å². The normalized spacial score (nSPS) is 18.7. The van der Waals surface area contributed by atoms with E-state index in [2.05, 4.69) is 15.5 Å². The number of methoxy groups -OCH3 is 1. The van der Waals surface area contributed by atoms with Crippen molar-refractivity contribution in [1.29, 1.82) is 0 Å². The number of ether oxygens (including phenoxy) is 1. The first-order chi connectivity index (χ1) is 9.28. The van der Waals surface area contributed by atoms with Gasteiger partial charge >= 0.3 is 0 Å². The molecule has 1 atom stereocenters. The summed E-state index contributed by atoms with van der Waals surface area (Å²) in [5.74, 6) is 1.79. The van der Waals surface area contributed by atoms with Crippen LogP contribution >= 0.6 is 11.6 Å². The van der Waals surface area contributed by atoms with Gasteiger partial charge in [-0.3, -0.25) is 0 Å². The molecule has 0 spiro atoms. The molecule has 0 amide bonds. The number of halogens is 1. The molecule has 0 bridgehead atoms. The molecule has 1 N–H and O–H groups in total. The highest BCUT2D eigenvalue weighted by atomic mass is 35.5. The summed E-state index contributed by atoms with van der Waals surface area (Å²) in [6, 6.07) is 5.52. The molecule has 1 aliphatic rings. The first-order valence-corrected chi connectivity index (χ1v) is 6.56. The molecule has 1 aromatic carbocycles. The molecule has 0 aliphatic carbocycles. The fourth-order valence-corrected chi connectivity index (χ4v) is 2.39. The molecule has 1 aliphatic heterocycles. The Hall–Kier alpha value is -1.59. The zero-order chi connectivity index (χ0) is 13.2. The molecule has 1 unspecified atom stereocenters. The SMILES string of the molecule is COc1cc(Cl)ccc1-c1noc(C2CCCN2)n1. The minimum absolute atomic E-state index is 0.166. The third-order valence-corrected chi connectivity index (χ3v) is 3.44. The highest BCUT2D eigenvalue weighted by Gasteiger charge is 2.23. The predicted molar refractivity (Wildman–Crippen MR) is 71.3 cm³/mol. The Morgan fingerprint density at radius 2 is 2.37 bits per heavy atom. The van der Waals surface area contributed by atoms with Crippen LogP contribution in [0.2, 0.25) is 5.02 Å². The number of nitrogens with one attached hydrogen (secondary N) is 1. The maximum atomic E-state index is 5.94. The smallest absolute Gasteiger partial charge is 0.244 e. The topological polar surface area (TPSA) is 60.2 Å². The molecular weight excluding hydrogens is 266 g/mol. The maximum absolute atomic E-state index is 5.94. The molecule has 1 saturated heterocycles. The van der Waals surface area contributed by atoms with E-state index in [1.165, 1.54) is 0 Å². The van der Waals surface area contributed by atoms with Crippen molar-refractivity contribution in [3.05, 3.63) is 29.1 Å². The first-order valence-electron chi connectivity index (χ1n) is 6.19. The zero-order valence-electron chi connectivity index (χ0n) is 10.5. The summed E-state index contributed by atoms with van der Waals surface area (Å²) in [6.45, 7) is 0.993. The molecule has 19 heavy (non-hydrogen) atoms. The van der Waals surface area contributed by atoms with Crippen LogP contribution in [0.5, 0.6) is 5.75 Å². The van der Waals surface area contributed by atoms with Crippen LogP contribution in [0, 0.1) is 0 Å². The van der Waals surface area contributed by atoms with Crippen LogP contribution in [-0.4, -0.2) is 23.8 Å². The van der Waals surface area contributed by atoms with Crippen LogP contribution in [0.3, 0.4) is 0 Å². The van der Waals surface area contributed by atoms with Crippen LogP contribution in [0.25, 0.3) is 11.4 Å². The van der Waals surface area contributed by atoms with E-state index in [4.69, 9.17) is 20.9 Å². The van der Waals surface area contributed by atoms with Crippen LogP contribution in [-0.2, 0) is 0 Å². The number of aromatic nitrogens is 2. The molecular formula is C13H14ClN3O2. The van der Waals surface area contributed by atoms with E-state index in [1.807, 2.05) is 6.07 Å². The quantitative estimate of drug-likeness (QED) is 0.936. The van der Waals surface area contributed by atoms with Crippen molar-refractivity contribution in [1.82, 2.24) is 15.5 Å². The number of nitrogens with zero attached hydrogens (tertiary/aromatic N) is 2. The predicted octanol–water partition coefficient (Wildman–Crippen LogP) is 2.82. The molecule has 3 rings (SSSR count). The van der Waals surface area contributed by atoms with E-state index in [-0.39, 0.29) is 6.04 Å². The number of hydrogen-bond donors (Lipinski definition) is 1. The molecule has 6 heteroatoms. The van der Waals surface area contributed by atoms with Gasteiger partial charge in [0.25, 0.3) is 0 Å². The van der Waals surface area contributed by atoms with Gasteiger partial charge in [-0.05, 0) is 37.6 Å². The van der Waals surface area contributed by atoms with Gasteiger partial charge in [-0.15, -0.1) is 0 Å². The van der Waals surface area contributed by atoms with E-state index in [0.29, 0.717) is 22.5 Å². The molecule has 5 nitrogen and oxygen atoms in total. The van der Waals surface area contributed by atoms with E-state index in [9.17, 15) is 0 Å². The second-order valence-corrected chi connectivity index (χ2v) is 4.89. The second-order valence-electron chi connectivity index (χ2n) is 4.45. The Bertz CT molecular complexity index is 579. The molecule has 1 fully saturated rings. The third-order valence-electron chi connectivity index (χ3n) is 3.20. The minimum Gasteiger partial charge on any atom is -0.496 e. The summed E-state index contributed by atoms with van der Waals surface area (Å²) in [5, 5.41) is 7.96.